The lowest BCUT2D eigenvalue weighted by molar-refractivity contribution is -0.117. The summed E-state index contributed by atoms with van der Waals surface area (Å²) in [6, 6.07) is 19.4. The number of nitrogens with zero attached hydrogens (tertiary/aromatic N) is 5. The van der Waals surface area contributed by atoms with Crippen LogP contribution in [0.2, 0.25) is 0 Å². The highest BCUT2D eigenvalue weighted by molar-refractivity contribution is 8.01. The Bertz CT molecular complexity index is 1780. The number of ether oxygens (including phenoxy) is 2. The average molecular weight is 615 g/mol. The number of imidazole rings is 1. The molecular weight excluding hydrogens is 579 g/mol. The molecule has 0 aliphatic rings. The maximum Gasteiger partial charge on any atom is 0.240 e. The minimum absolute atomic E-state index is 0.205. The number of halogens is 1. The molecule has 2 heterocycles. The van der Waals surface area contributed by atoms with Crippen LogP contribution >= 0.6 is 11.8 Å². The summed E-state index contributed by atoms with van der Waals surface area (Å²) in [5, 5.41) is 12.7. The van der Waals surface area contributed by atoms with Gasteiger partial charge in [0.2, 0.25) is 5.91 Å². The Hall–Kier alpha value is -4.64. The quantitative estimate of drug-likeness (QED) is 0.174. The van der Waals surface area contributed by atoms with Gasteiger partial charge in [-0.15, -0.1) is 10.2 Å². The number of carbonyl (C=O) groups excluding carboxylic acids is 1. The summed E-state index contributed by atoms with van der Waals surface area (Å²) in [7, 11) is 3.18. The van der Waals surface area contributed by atoms with Gasteiger partial charge in [-0.3, -0.25) is 9.36 Å². The Balaban J connectivity index is 1.46. The number of thioether (sulfide) groups is 1. The molecule has 0 saturated heterocycles. The monoisotopic (exact) mass is 614 g/mol. The van der Waals surface area contributed by atoms with Crippen LogP contribution in [0.25, 0.3) is 11.4 Å². The molecule has 0 bridgehead atoms. The van der Waals surface area contributed by atoms with Crippen LogP contribution in [-0.2, 0) is 10.2 Å². The summed E-state index contributed by atoms with van der Waals surface area (Å²) >= 11 is 1.27. The zero-order valence-corrected chi connectivity index (χ0v) is 26.6. The molecule has 0 saturated carbocycles. The molecule has 0 aliphatic heterocycles. The van der Waals surface area contributed by atoms with Gasteiger partial charge >= 0.3 is 0 Å². The third-order valence-corrected chi connectivity index (χ3v) is 8.65. The molecule has 0 radical (unpaired) electrons. The first kappa shape index (κ1) is 30.8. The third kappa shape index (κ3) is 6.05. The first-order valence-electron chi connectivity index (χ1n) is 14.0. The largest absolute Gasteiger partial charge is 0.493 e. The molecule has 0 unspecified atom stereocenters. The smallest absolute Gasteiger partial charge is 0.240 e. The van der Waals surface area contributed by atoms with Gasteiger partial charge in [0.15, 0.2) is 16.7 Å². The summed E-state index contributed by atoms with van der Waals surface area (Å²) in [5.41, 5.74) is 2.53. The molecule has 1 N–H and O–H groups in total. The molecule has 5 rings (SSSR count). The van der Waals surface area contributed by atoms with Crippen molar-refractivity contribution in [2.24, 2.45) is 0 Å². The topological polar surface area (TPSA) is 96.1 Å². The van der Waals surface area contributed by atoms with Crippen molar-refractivity contribution in [3.8, 4) is 22.9 Å². The van der Waals surface area contributed by atoms with E-state index < -0.39 is 10.2 Å². The van der Waals surface area contributed by atoms with Gasteiger partial charge < -0.3 is 19.4 Å². The van der Waals surface area contributed by atoms with Gasteiger partial charge in [0.1, 0.15) is 17.5 Å². The molecule has 228 valence electrons. The van der Waals surface area contributed by atoms with E-state index in [-0.39, 0.29) is 11.7 Å². The van der Waals surface area contributed by atoms with Crippen molar-refractivity contribution >= 4 is 23.4 Å². The van der Waals surface area contributed by atoms with Crippen molar-refractivity contribution in [2.75, 3.05) is 19.5 Å². The second kappa shape index (κ2) is 12.2. The number of aryl methyl sites for hydroxylation is 1. The van der Waals surface area contributed by atoms with Crippen LogP contribution in [0, 0.1) is 12.7 Å². The van der Waals surface area contributed by atoms with Crippen molar-refractivity contribution in [2.45, 2.75) is 49.9 Å². The lowest BCUT2D eigenvalue weighted by Gasteiger charge is -2.27. The van der Waals surface area contributed by atoms with Crippen molar-refractivity contribution in [3.63, 3.8) is 0 Å². The number of amides is 1. The molecule has 0 fully saturated rings. The number of nitrogens with one attached hydrogen (secondary N) is 1. The van der Waals surface area contributed by atoms with E-state index in [9.17, 15) is 9.18 Å². The number of benzene rings is 3. The SMILES string of the molecule is COc1ccc(C(C)(C)c2nnc(SC(C)(C)C(=O)Nc3ccc(-n4ccnc4C)cc3)n2-c2ccc(F)cc2)cc1OC. The van der Waals surface area contributed by atoms with Crippen molar-refractivity contribution in [1.29, 1.82) is 0 Å². The van der Waals surface area contributed by atoms with E-state index in [0.717, 1.165) is 17.1 Å². The normalized spacial score (nSPS) is 11.8. The first-order valence-corrected chi connectivity index (χ1v) is 14.8. The summed E-state index contributed by atoms with van der Waals surface area (Å²) in [5.74, 6) is 2.13. The van der Waals surface area contributed by atoms with Gasteiger partial charge in [0.25, 0.3) is 0 Å². The van der Waals surface area contributed by atoms with Crippen LogP contribution in [-0.4, -0.2) is 49.2 Å². The van der Waals surface area contributed by atoms with Crippen molar-refractivity contribution < 1.29 is 18.7 Å². The molecule has 9 nitrogen and oxygen atoms in total. The zero-order valence-electron chi connectivity index (χ0n) is 25.8. The van der Waals surface area contributed by atoms with Gasteiger partial charge in [-0.2, -0.15) is 0 Å². The molecule has 44 heavy (non-hydrogen) atoms. The van der Waals surface area contributed by atoms with Crippen LogP contribution in [0.1, 0.15) is 44.9 Å². The van der Waals surface area contributed by atoms with E-state index in [4.69, 9.17) is 9.47 Å². The van der Waals surface area contributed by atoms with Gasteiger partial charge in [0, 0.05) is 29.5 Å². The van der Waals surface area contributed by atoms with Crippen LogP contribution in [0.4, 0.5) is 10.1 Å². The molecule has 0 spiro atoms. The molecule has 3 aromatic carbocycles. The van der Waals surface area contributed by atoms with E-state index in [1.165, 1.54) is 23.9 Å². The Morgan fingerprint density at radius 1 is 0.886 bits per heavy atom. The third-order valence-electron chi connectivity index (χ3n) is 7.50. The molecule has 1 amide bonds. The maximum atomic E-state index is 14.0. The van der Waals surface area contributed by atoms with Crippen LogP contribution in [0.5, 0.6) is 11.5 Å². The second-order valence-corrected chi connectivity index (χ2v) is 12.9. The lowest BCUT2D eigenvalue weighted by Crippen LogP contribution is -2.34. The molecule has 2 aromatic heterocycles. The first-order chi connectivity index (χ1) is 20.9. The highest BCUT2D eigenvalue weighted by Crippen LogP contribution is 2.40. The predicted octanol–water partition coefficient (Wildman–Crippen LogP) is 6.75. The number of hydrogen-bond donors (Lipinski definition) is 1. The number of anilines is 1. The fourth-order valence-corrected chi connectivity index (χ4v) is 5.80. The Labute approximate surface area is 260 Å². The van der Waals surface area contributed by atoms with Crippen molar-refractivity contribution in [3.05, 3.63) is 102 Å². The van der Waals surface area contributed by atoms with E-state index in [0.29, 0.717) is 33.9 Å². The standard InChI is InChI=1S/C33H35FN6O3S/c1-21-35-18-19-39(21)25-15-11-24(12-16-25)36-30(41)33(4,5)44-31-38-37-29(40(31)26-13-9-23(34)10-14-26)32(2,3)22-8-17-27(42-6)28(20-22)43-7/h8-20H,1-7H3,(H,36,41). The highest BCUT2D eigenvalue weighted by atomic mass is 32.2. The van der Waals surface area contributed by atoms with Crippen LogP contribution in [0.15, 0.2) is 84.3 Å². The van der Waals surface area contributed by atoms with Crippen molar-refractivity contribution in [1.82, 2.24) is 24.3 Å². The molecule has 5 aromatic rings. The molecular formula is C33H35FN6O3S. The zero-order chi connectivity index (χ0) is 31.6. The summed E-state index contributed by atoms with van der Waals surface area (Å²) in [6.45, 7) is 9.65. The minimum atomic E-state index is -0.949. The van der Waals surface area contributed by atoms with Gasteiger partial charge in [-0.25, -0.2) is 9.37 Å². The second-order valence-electron chi connectivity index (χ2n) is 11.3. The molecule has 11 heteroatoms. The maximum absolute atomic E-state index is 14.0. The average Bonchev–Trinajstić information content (AvgIpc) is 3.63. The minimum Gasteiger partial charge on any atom is -0.493 e. The Morgan fingerprint density at radius 3 is 2.16 bits per heavy atom. The Kier molecular flexibility index (Phi) is 8.51. The number of hydrogen-bond acceptors (Lipinski definition) is 7. The van der Waals surface area contributed by atoms with Gasteiger partial charge in [-0.05, 0) is 101 Å². The van der Waals surface area contributed by atoms with E-state index in [1.54, 1.807) is 32.5 Å². The van der Waals surface area contributed by atoms with E-state index in [2.05, 4.69) is 20.5 Å². The molecule has 0 aliphatic carbocycles. The number of carbonyl (C=O) groups is 1. The fourth-order valence-electron chi connectivity index (χ4n) is 4.83. The number of aromatic nitrogens is 5. The van der Waals surface area contributed by atoms with Gasteiger partial charge in [0.05, 0.1) is 24.4 Å². The van der Waals surface area contributed by atoms with E-state index in [1.807, 2.05) is 92.4 Å². The summed E-state index contributed by atoms with van der Waals surface area (Å²) in [6.07, 6.45) is 3.64. The highest BCUT2D eigenvalue weighted by Gasteiger charge is 2.36. The fraction of sp³-hybridized carbons (Fsp3) is 0.273. The molecule has 0 atom stereocenters. The number of methoxy groups -OCH3 is 2. The number of rotatable bonds is 10. The lowest BCUT2D eigenvalue weighted by atomic mass is 9.83. The van der Waals surface area contributed by atoms with Crippen LogP contribution in [0.3, 0.4) is 0 Å². The summed E-state index contributed by atoms with van der Waals surface area (Å²) in [4.78, 5) is 17.8. The predicted molar refractivity (Wildman–Crippen MR) is 170 cm³/mol. The van der Waals surface area contributed by atoms with Gasteiger partial charge in [-0.1, -0.05) is 17.8 Å². The Morgan fingerprint density at radius 2 is 1.55 bits per heavy atom. The van der Waals surface area contributed by atoms with E-state index >= 15 is 0 Å². The van der Waals surface area contributed by atoms with Crippen LogP contribution < -0.4 is 14.8 Å². The summed E-state index contributed by atoms with van der Waals surface area (Å²) < 4.78 is 27.8.